The smallest absolute Gasteiger partial charge is 0.434 e. The first kappa shape index (κ1) is 23.8. The summed E-state index contributed by atoms with van der Waals surface area (Å²) in [6, 6.07) is 1.84. The molecule has 2 aliphatic rings. The molecule has 0 bridgehead atoms. The minimum absolute atomic E-state index is 0.0983. The van der Waals surface area contributed by atoms with Gasteiger partial charge in [-0.1, -0.05) is 10.7 Å². The van der Waals surface area contributed by atoms with Gasteiger partial charge in [-0.25, -0.2) is 13.6 Å². The van der Waals surface area contributed by atoms with E-state index in [0.717, 1.165) is 17.0 Å². The van der Waals surface area contributed by atoms with Gasteiger partial charge in [-0.15, -0.1) is 0 Å². The van der Waals surface area contributed by atoms with Gasteiger partial charge in [-0.3, -0.25) is 19.2 Å². The Morgan fingerprint density at radius 2 is 1.88 bits per heavy atom. The summed E-state index contributed by atoms with van der Waals surface area (Å²) in [5.41, 5.74) is -0.552. The number of alkyl halides is 3. The number of carbonyl (C=O) groups is 3. The summed E-state index contributed by atoms with van der Waals surface area (Å²) in [7, 11) is 0.147. The highest BCUT2D eigenvalue weighted by Gasteiger charge is 2.39. The second-order valence-corrected chi connectivity index (χ2v) is 8.69. The van der Waals surface area contributed by atoms with E-state index in [1.54, 1.807) is 0 Å². The van der Waals surface area contributed by atoms with Crippen LogP contribution in [0.3, 0.4) is 0 Å². The molecule has 1 saturated heterocycles. The molecular weight excluding hydrogens is 463 g/mol. The van der Waals surface area contributed by atoms with Gasteiger partial charge < -0.3 is 15.0 Å². The molecular formula is C18H19F5N4O4S. The third kappa shape index (κ3) is 5.11. The summed E-state index contributed by atoms with van der Waals surface area (Å²) in [5, 5.41) is 3.68. The molecule has 0 spiro atoms. The van der Waals surface area contributed by atoms with Crippen LogP contribution in [0.2, 0.25) is 0 Å². The number of anilines is 2. The van der Waals surface area contributed by atoms with E-state index in [4.69, 9.17) is 4.74 Å². The van der Waals surface area contributed by atoms with Crippen LogP contribution >= 0.6 is 10.7 Å². The molecule has 176 valence electrons. The number of nitrogens with one attached hydrogen (secondary N) is 2. The van der Waals surface area contributed by atoms with Gasteiger partial charge in [0.2, 0.25) is 0 Å². The van der Waals surface area contributed by atoms with E-state index >= 15 is 0 Å². The number of hydrogen-bond donors (Lipinski definition) is 2. The second-order valence-electron chi connectivity index (χ2n) is 6.88. The van der Waals surface area contributed by atoms with Gasteiger partial charge in [0, 0.05) is 38.0 Å². The van der Waals surface area contributed by atoms with Crippen LogP contribution in [0, 0.1) is 11.6 Å². The van der Waals surface area contributed by atoms with E-state index in [-0.39, 0.29) is 37.5 Å². The average Bonchev–Trinajstić information content (AvgIpc) is 2.96. The summed E-state index contributed by atoms with van der Waals surface area (Å²) >= 11 is 0. The number of ether oxygens (including phenoxy) is 1. The van der Waals surface area contributed by atoms with Gasteiger partial charge in [0.15, 0.2) is 17.7 Å². The average molecular weight is 482 g/mol. The first-order valence-corrected chi connectivity index (χ1v) is 10.8. The number of halogens is 5. The third-order valence-electron chi connectivity index (χ3n) is 4.75. The van der Waals surface area contributed by atoms with E-state index < -0.39 is 58.2 Å². The first-order valence-electron chi connectivity index (χ1n) is 9.35. The summed E-state index contributed by atoms with van der Waals surface area (Å²) in [4.78, 5) is 37.0. The number of nitrogens with zero attached hydrogens (tertiary/aromatic N) is 2. The highest BCUT2D eigenvalue weighted by Crippen LogP contribution is 2.32. The highest BCUT2D eigenvalue weighted by molar-refractivity contribution is 8.13. The Hall–Kier alpha value is -2.90. The lowest BCUT2D eigenvalue weighted by Crippen LogP contribution is -2.35. The van der Waals surface area contributed by atoms with Crippen LogP contribution in [0.4, 0.5) is 38.1 Å². The molecule has 14 heteroatoms. The summed E-state index contributed by atoms with van der Waals surface area (Å²) < 4.78 is 73.7. The van der Waals surface area contributed by atoms with E-state index in [2.05, 4.69) is 5.32 Å². The molecule has 2 atom stereocenters. The Labute approximate surface area is 181 Å². The third-order valence-corrected chi connectivity index (χ3v) is 6.48. The Morgan fingerprint density at radius 3 is 2.47 bits per heavy atom. The van der Waals surface area contributed by atoms with Crippen molar-refractivity contribution in [3.63, 3.8) is 0 Å². The maximum Gasteiger partial charge on any atom is 0.472 e. The summed E-state index contributed by atoms with van der Waals surface area (Å²) in [6.07, 6.45) is -6.79. The molecule has 2 N–H and O–H groups in total. The standard InChI is InChI=1S/C18H19F5N4O4S/c1-24-15(28)13-9-27(17(30)31-13)10-7-11(19)14(12(20)8-10)26-3-2-5-32(6-4-26)25-16(29)18(21,22)23/h6-8,13H,2-5,9H2,1H3,(H,24,28)(H,25,29)/t13-,32?/m1/s1. The molecule has 0 aliphatic carbocycles. The molecule has 2 heterocycles. The molecule has 3 rings (SSSR count). The van der Waals surface area contributed by atoms with Gasteiger partial charge in [0.05, 0.1) is 12.2 Å². The van der Waals surface area contributed by atoms with Crippen molar-refractivity contribution >= 4 is 45.3 Å². The number of cyclic esters (lactones) is 1. The van der Waals surface area contributed by atoms with Gasteiger partial charge in [0.25, 0.3) is 5.91 Å². The van der Waals surface area contributed by atoms with E-state index in [9.17, 15) is 36.3 Å². The Morgan fingerprint density at radius 1 is 1.22 bits per heavy atom. The molecule has 1 aromatic rings. The van der Waals surface area contributed by atoms with Crippen molar-refractivity contribution < 1.29 is 41.1 Å². The van der Waals surface area contributed by atoms with Gasteiger partial charge in [0.1, 0.15) is 5.69 Å². The predicted octanol–water partition coefficient (Wildman–Crippen LogP) is 1.91. The van der Waals surface area contributed by atoms with Gasteiger partial charge in [-0.05, 0) is 11.8 Å². The van der Waals surface area contributed by atoms with Crippen LogP contribution in [0.15, 0.2) is 12.1 Å². The number of likely N-dealkylation sites (N-methyl/N-ethyl adjacent to an activating group) is 1. The van der Waals surface area contributed by atoms with Gasteiger partial charge in [-0.2, -0.15) is 13.2 Å². The first-order chi connectivity index (χ1) is 15.0. The van der Waals surface area contributed by atoms with Crippen LogP contribution in [0.1, 0.15) is 6.42 Å². The number of carbonyl (C=O) groups excluding carboxylic acids is 3. The van der Waals surface area contributed by atoms with Crippen molar-refractivity contribution in [2.75, 3.05) is 42.2 Å². The molecule has 32 heavy (non-hydrogen) atoms. The summed E-state index contributed by atoms with van der Waals surface area (Å²) in [6.45, 7) is -0.186. The molecule has 1 aromatic carbocycles. The van der Waals surface area contributed by atoms with E-state index in [1.165, 1.54) is 17.3 Å². The largest absolute Gasteiger partial charge is 0.472 e. The zero-order valence-electron chi connectivity index (χ0n) is 16.7. The lowest BCUT2D eigenvalue weighted by atomic mass is 10.2. The quantitative estimate of drug-likeness (QED) is 0.506. The fourth-order valence-corrected chi connectivity index (χ4v) is 4.73. The Kier molecular flexibility index (Phi) is 6.91. The zero-order valence-corrected chi connectivity index (χ0v) is 17.5. The van der Waals surface area contributed by atoms with Crippen molar-refractivity contribution in [2.45, 2.75) is 18.7 Å². The number of amides is 3. The second kappa shape index (κ2) is 9.30. The van der Waals surface area contributed by atoms with Crippen LogP contribution in [-0.4, -0.2) is 68.0 Å². The number of rotatable bonds is 4. The monoisotopic (exact) mass is 482 g/mol. The molecule has 2 aliphatic heterocycles. The topological polar surface area (TPSA) is 91.0 Å². The SMILES string of the molecule is CNC(=O)[C@H]1CN(c2cc(F)c(N3CC=S(NC(=O)C(F)(F)F)CCC3)c(F)c2)C(=O)O1. The van der Waals surface area contributed by atoms with Gasteiger partial charge >= 0.3 is 18.2 Å². The predicted molar refractivity (Wildman–Crippen MR) is 108 cm³/mol. The maximum absolute atomic E-state index is 14.8. The van der Waals surface area contributed by atoms with E-state index in [0.29, 0.717) is 0 Å². The van der Waals surface area contributed by atoms with Crippen LogP contribution in [0.5, 0.6) is 0 Å². The Balaban J connectivity index is 1.78. The highest BCUT2D eigenvalue weighted by atomic mass is 32.2. The van der Waals surface area contributed by atoms with Crippen LogP contribution < -0.4 is 19.8 Å². The molecule has 3 amide bonds. The lowest BCUT2D eigenvalue weighted by Gasteiger charge is -2.24. The van der Waals surface area contributed by atoms with Crippen molar-refractivity contribution in [3.8, 4) is 0 Å². The van der Waals surface area contributed by atoms with Crippen molar-refractivity contribution in [1.29, 1.82) is 0 Å². The number of benzene rings is 1. The normalized spacial score (nSPS) is 21.5. The molecule has 1 fully saturated rings. The van der Waals surface area contributed by atoms with Crippen molar-refractivity contribution in [3.05, 3.63) is 23.8 Å². The minimum atomic E-state index is -5.02. The molecule has 0 saturated carbocycles. The maximum atomic E-state index is 14.8. The van der Waals surface area contributed by atoms with Crippen molar-refractivity contribution in [2.24, 2.45) is 0 Å². The molecule has 0 radical (unpaired) electrons. The van der Waals surface area contributed by atoms with E-state index in [1.807, 2.05) is 4.72 Å². The molecule has 0 aromatic heterocycles. The number of hydrogen-bond acceptors (Lipinski definition) is 5. The Bertz CT molecular complexity index is 948. The van der Waals surface area contributed by atoms with Crippen molar-refractivity contribution in [1.82, 2.24) is 10.0 Å². The fraction of sp³-hybridized carbons (Fsp3) is 0.444. The van der Waals surface area contributed by atoms with Crippen LogP contribution in [0.25, 0.3) is 0 Å². The van der Waals surface area contributed by atoms with Crippen LogP contribution in [-0.2, 0) is 14.3 Å². The zero-order chi connectivity index (χ0) is 23.6. The molecule has 1 unspecified atom stereocenters. The molecule has 8 nitrogen and oxygen atoms in total. The lowest BCUT2D eigenvalue weighted by molar-refractivity contribution is -0.171. The minimum Gasteiger partial charge on any atom is -0.434 e. The fourth-order valence-electron chi connectivity index (χ4n) is 3.22. The summed E-state index contributed by atoms with van der Waals surface area (Å²) in [5.74, 6) is -4.43.